The van der Waals surface area contributed by atoms with Gasteiger partial charge in [-0.15, -0.1) is 0 Å². The molecule has 1 saturated heterocycles. The number of nitrogens with zero attached hydrogens (tertiary/aromatic N) is 2. The molecule has 7 heteroatoms. The number of benzene rings is 1. The zero-order valence-corrected chi connectivity index (χ0v) is 15.8. The summed E-state index contributed by atoms with van der Waals surface area (Å²) < 4.78 is 26.6. The Labute approximate surface area is 153 Å². The van der Waals surface area contributed by atoms with E-state index in [0.29, 0.717) is 6.42 Å². The zero-order valence-electron chi connectivity index (χ0n) is 14.2. The summed E-state index contributed by atoms with van der Waals surface area (Å²) in [6.45, 7) is 1.95. The maximum absolute atomic E-state index is 13.2. The number of hydrogen-bond donors (Lipinski definition) is 1. The molecule has 4 rings (SSSR count). The van der Waals surface area contributed by atoms with Crippen LogP contribution < -0.4 is 5.32 Å². The van der Waals surface area contributed by atoms with E-state index in [0.717, 1.165) is 42.4 Å². The van der Waals surface area contributed by atoms with E-state index in [-0.39, 0.29) is 12.0 Å². The third-order valence-corrected chi connectivity index (χ3v) is 9.19. The van der Waals surface area contributed by atoms with E-state index in [1.807, 2.05) is 30.3 Å². The minimum Gasteiger partial charge on any atom is -0.317 e. The van der Waals surface area contributed by atoms with E-state index in [1.165, 1.54) is 4.31 Å². The van der Waals surface area contributed by atoms with Crippen LogP contribution in [0.4, 0.5) is 0 Å². The molecular formula is C18H22ClN3O2S. The van der Waals surface area contributed by atoms with Gasteiger partial charge in [0, 0.05) is 30.6 Å². The highest BCUT2D eigenvalue weighted by Gasteiger charge is 2.74. The molecule has 2 fully saturated rings. The Bertz CT molecular complexity index is 906. The van der Waals surface area contributed by atoms with E-state index >= 15 is 0 Å². The first-order chi connectivity index (χ1) is 11.9. The van der Waals surface area contributed by atoms with Crippen molar-refractivity contribution in [3.63, 3.8) is 0 Å². The minimum atomic E-state index is -3.60. The lowest BCUT2D eigenvalue weighted by Crippen LogP contribution is -2.41. The molecule has 1 aliphatic heterocycles. The lowest BCUT2D eigenvalue weighted by molar-refractivity contribution is 0.342. The van der Waals surface area contributed by atoms with Crippen LogP contribution in [0.3, 0.4) is 0 Å². The standard InChI is InChI=1S/C18H22ClN3O2S/c1-22(12-15-5-2-4-14-6-3-9-21-16(14)15)25(23,24)18(19)13-17(18)7-10-20-11-8-17/h2-6,9,20H,7-8,10-13H2,1H3. The van der Waals surface area contributed by atoms with Crippen LogP contribution in [0, 0.1) is 5.41 Å². The van der Waals surface area contributed by atoms with E-state index in [9.17, 15) is 8.42 Å². The predicted molar refractivity (Wildman–Crippen MR) is 99.9 cm³/mol. The second kappa shape index (κ2) is 5.91. The molecule has 134 valence electrons. The van der Waals surface area contributed by atoms with Crippen molar-refractivity contribution < 1.29 is 8.42 Å². The molecule has 0 radical (unpaired) electrons. The number of para-hydroxylation sites is 1. The number of aromatic nitrogens is 1. The fourth-order valence-corrected chi connectivity index (χ4v) is 6.89. The quantitative estimate of drug-likeness (QED) is 0.829. The summed E-state index contributed by atoms with van der Waals surface area (Å²) in [4.78, 5) is 4.41. The number of halogens is 1. The maximum Gasteiger partial charge on any atom is 0.234 e. The Kier molecular flexibility index (Phi) is 4.07. The van der Waals surface area contributed by atoms with Gasteiger partial charge in [0.05, 0.1) is 5.52 Å². The third kappa shape index (κ3) is 2.58. The molecule has 1 atom stereocenters. The summed E-state index contributed by atoms with van der Waals surface area (Å²) in [6, 6.07) is 9.70. The number of nitrogens with one attached hydrogen (secondary N) is 1. The summed E-state index contributed by atoms with van der Waals surface area (Å²) in [5.74, 6) is 0. The van der Waals surface area contributed by atoms with Gasteiger partial charge in [0.1, 0.15) is 0 Å². The second-order valence-corrected chi connectivity index (χ2v) is 10.3. The molecule has 1 unspecified atom stereocenters. The van der Waals surface area contributed by atoms with Crippen LogP contribution in [-0.4, -0.2) is 42.1 Å². The molecule has 25 heavy (non-hydrogen) atoms. The molecule has 2 aliphatic rings. The number of alkyl halides is 1. The predicted octanol–water partition coefficient (Wildman–Crippen LogP) is 2.71. The SMILES string of the molecule is CN(Cc1cccc2cccnc12)S(=O)(=O)C1(Cl)CC12CCNCC2. The van der Waals surface area contributed by atoms with Crippen molar-refractivity contribution in [1.82, 2.24) is 14.6 Å². The number of sulfonamides is 1. The Morgan fingerprint density at radius 1 is 1.24 bits per heavy atom. The van der Waals surface area contributed by atoms with Gasteiger partial charge in [-0.1, -0.05) is 35.9 Å². The van der Waals surface area contributed by atoms with E-state index < -0.39 is 14.2 Å². The van der Waals surface area contributed by atoms with Gasteiger partial charge in [0.25, 0.3) is 0 Å². The molecule has 5 nitrogen and oxygen atoms in total. The van der Waals surface area contributed by atoms with Crippen LogP contribution in [0.2, 0.25) is 0 Å². The van der Waals surface area contributed by atoms with Crippen molar-refractivity contribution in [3.05, 3.63) is 42.1 Å². The number of hydrogen-bond acceptors (Lipinski definition) is 4. The van der Waals surface area contributed by atoms with Gasteiger partial charge < -0.3 is 5.32 Å². The third-order valence-electron chi connectivity index (χ3n) is 5.72. The first kappa shape index (κ1) is 17.2. The van der Waals surface area contributed by atoms with Crippen LogP contribution in [0.5, 0.6) is 0 Å². The summed E-state index contributed by atoms with van der Waals surface area (Å²) in [7, 11) is -1.98. The normalized spacial score (nSPS) is 25.6. The van der Waals surface area contributed by atoms with Gasteiger partial charge in [-0.05, 0) is 44.0 Å². The highest BCUT2D eigenvalue weighted by Crippen LogP contribution is 2.69. The van der Waals surface area contributed by atoms with Crippen LogP contribution in [0.15, 0.2) is 36.5 Å². The molecule has 1 aromatic carbocycles. The average molecular weight is 380 g/mol. The molecule has 0 bridgehead atoms. The molecule has 1 aliphatic carbocycles. The molecular weight excluding hydrogens is 358 g/mol. The molecule has 1 spiro atoms. The highest BCUT2D eigenvalue weighted by atomic mass is 35.5. The summed E-state index contributed by atoms with van der Waals surface area (Å²) >= 11 is 6.68. The van der Waals surface area contributed by atoms with Crippen molar-refractivity contribution in [2.24, 2.45) is 5.41 Å². The van der Waals surface area contributed by atoms with Crippen LogP contribution in [-0.2, 0) is 16.6 Å². The Morgan fingerprint density at radius 3 is 2.72 bits per heavy atom. The molecule has 1 saturated carbocycles. The van der Waals surface area contributed by atoms with E-state index in [1.54, 1.807) is 13.2 Å². The van der Waals surface area contributed by atoms with Gasteiger partial charge in [-0.3, -0.25) is 4.98 Å². The number of rotatable bonds is 4. The Morgan fingerprint density at radius 2 is 1.96 bits per heavy atom. The van der Waals surface area contributed by atoms with E-state index in [4.69, 9.17) is 11.6 Å². The van der Waals surface area contributed by atoms with Crippen molar-refractivity contribution in [3.8, 4) is 0 Å². The topological polar surface area (TPSA) is 62.3 Å². The molecule has 0 amide bonds. The molecule has 2 aromatic rings. The summed E-state index contributed by atoms with van der Waals surface area (Å²) in [5, 5.41) is 4.29. The van der Waals surface area contributed by atoms with Gasteiger partial charge in [-0.2, -0.15) is 4.31 Å². The fraction of sp³-hybridized carbons (Fsp3) is 0.500. The van der Waals surface area contributed by atoms with Crippen LogP contribution in [0.25, 0.3) is 10.9 Å². The molecule has 1 N–H and O–H groups in total. The Balaban J connectivity index is 1.61. The van der Waals surface area contributed by atoms with Crippen molar-refractivity contribution in [1.29, 1.82) is 0 Å². The minimum absolute atomic E-state index is 0.274. The highest BCUT2D eigenvalue weighted by molar-refractivity contribution is 7.92. The summed E-state index contributed by atoms with van der Waals surface area (Å²) in [6.07, 6.45) is 3.91. The number of fused-ring (bicyclic) bond motifs is 1. The summed E-state index contributed by atoms with van der Waals surface area (Å²) in [5.41, 5.74) is 1.46. The first-order valence-corrected chi connectivity index (χ1v) is 10.4. The molecule has 2 heterocycles. The maximum atomic E-state index is 13.2. The van der Waals surface area contributed by atoms with Gasteiger partial charge in [-0.25, -0.2) is 8.42 Å². The molecule has 1 aromatic heterocycles. The van der Waals surface area contributed by atoms with Gasteiger partial charge in [0.2, 0.25) is 10.0 Å². The van der Waals surface area contributed by atoms with Gasteiger partial charge >= 0.3 is 0 Å². The van der Waals surface area contributed by atoms with Crippen molar-refractivity contribution in [2.45, 2.75) is 30.0 Å². The zero-order chi connectivity index (χ0) is 17.7. The average Bonchev–Trinajstić information content (AvgIpc) is 3.20. The van der Waals surface area contributed by atoms with Crippen molar-refractivity contribution in [2.75, 3.05) is 20.1 Å². The van der Waals surface area contributed by atoms with Crippen molar-refractivity contribution >= 4 is 32.5 Å². The monoisotopic (exact) mass is 379 g/mol. The Hall–Kier alpha value is -1.21. The second-order valence-electron chi connectivity index (χ2n) is 7.19. The lowest BCUT2D eigenvalue weighted by Gasteiger charge is -2.29. The van der Waals surface area contributed by atoms with Gasteiger partial charge in [0.15, 0.2) is 4.21 Å². The lowest BCUT2D eigenvalue weighted by atomic mass is 9.95. The smallest absolute Gasteiger partial charge is 0.234 e. The number of piperidine rings is 1. The van der Waals surface area contributed by atoms with Crippen LogP contribution in [0.1, 0.15) is 24.8 Å². The number of pyridine rings is 1. The largest absolute Gasteiger partial charge is 0.317 e. The van der Waals surface area contributed by atoms with Crippen LogP contribution >= 0.6 is 11.6 Å². The van der Waals surface area contributed by atoms with E-state index in [2.05, 4.69) is 10.3 Å². The fourth-order valence-electron chi connectivity index (χ4n) is 4.08. The first-order valence-electron chi connectivity index (χ1n) is 8.58.